The van der Waals surface area contributed by atoms with E-state index >= 15 is 0 Å². The van der Waals surface area contributed by atoms with E-state index in [4.69, 9.17) is 43.1 Å². The number of nitrogen functional groups attached to an aromatic ring is 1. The van der Waals surface area contributed by atoms with Crippen LogP contribution in [-0.4, -0.2) is 35.8 Å². The fourth-order valence-electron chi connectivity index (χ4n) is 2.43. The third kappa shape index (κ3) is 6.86. The molecule has 0 fully saturated rings. The fourth-order valence-corrected chi connectivity index (χ4v) is 2.78. The summed E-state index contributed by atoms with van der Waals surface area (Å²) in [4.78, 5) is 28.4. The summed E-state index contributed by atoms with van der Waals surface area (Å²) in [7, 11) is 1.17. The largest absolute Gasteiger partial charge is 0.467 e. The molecule has 0 unspecified atom stereocenters. The van der Waals surface area contributed by atoms with Crippen molar-refractivity contribution in [1.82, 2.24) is 10.3 Å². The Morgan fingerprint density at radius 3 is 2.55 bits per heavy atom. The van der Waals surface area contributed by atoms with Crippen molar-refractivity contribution in [2.45, 2.75) is 38.8 Å². The molecule has 0 aliphatic rings. The van der Waals surface area contributed by atoms with Crippen molar-refractivity contribution in [3.63, 3.8) is 0 Å². The van der Waals surface area contributed by atoms with E-state index in [0.717, 1.165) is 6.07 Å². The molecule has 8 nitrogen and oxygen atoms in total. The number of carbonyl (C=O) groups excluding carboxylic acids is 2. The van der Waals surface area contributed by atoms with Gasteiger partial charge in [0.25, 0.3) is 0 Å². The molecule has 0 bridgehead atoms. The molecule has 1 aromatic carbocycles. The van der Waals surface area contributed by atoms with Crippen LogP contribution in [0.4, 0.5) is 14.9 Å². The second kappa shape index (κ2) is 10.0. The van der Waals surface area contributed by atoms with Crippen molar-refractivity contribution in [2.24, 2.45) is 0 Å². The second-order valence-corrected chi connectivity index (χ2v) is 8.21. The van der Waals surface area contributed by atoms with E-state index < -0.39 is 29.5 Å². The molecule has 0 radical (unpaired) electrons. The normalized spacial score (nSPS) is 12.1. The first-order valence-electron chi connectivity index (χ1n) is 9.04. The van der Waals surface area contributed by atoms with Crippen LogP contribution < -0.4 is 15.8 Å². The number of ether oxygens (including phenoxy) is 3. The third-order valence-corrected chi connectivity index (χ3v) is 4.37. The van der Waals surface area contributed by atoms with Gasteiger partial charge < -0.3 is 25.3 Å². The zero-order valence-electron chi connectivity index (χ0n) is 17.3. The van der Waals surface area contributed by atoms with Crippen LogP contribution in [0.25, 0.3) is 0 Å². The summed E-state index contributed by atoms with van der Waals surface area (Å²) >= 11 is 12.2. The number of alkyl carbamates (subject to hydrolysis) is 1. The van der Waals surface area contributed by atoms with Crippen LogP contribution in [0.3, 0.4) is 0 Å². The van der Waals surface area contributed by atoms with Gasteiger partial charge in [-0.2, -0.15) is 0 Å². The summed E-state index contributed by atoms with van der Waals surface area (Å²) in [5.41, 5.74) is 5.53. The number of rotatable bonds is 6. The Bertz CT molecular complexity index is 982. The number of nitrogens with zero attached hydrogens (tertiary/aromatic N) is 1. The first-order valence-corrected chi connectivity index (χ1v) is 9.80. The number of amides is 1. The van der Waals surface area contributed by atoms with E-state index in [0.29, 0.717) is 0 Å². The van der Waals surface area contributed by atoms with Gasteiger partial charge in [0.2, 0.25) is 0 Å². The molecule has 0 saturated carbocycles. The van der Waals surface area contributed by atoms with Gasteiger partial charge in [-0.3, -0.25) is 4.98 Å². The zero-order chi connectivity index (χ0) is 23.3. The minimum Gasteiger partial charge on any atom is -0.467 e. The number of carbonyl (C=O) groups is 2. The Labute approximate surface area is 188 Å². The van der Waals surface area contributed by atoms with Crippen molar-refractivity contribution in [3.05, 3.63) is 46.0 Å². The molecule has 11 heteroatoms. The molecular weight excluding hydrogens is 452 g/mol. The second-order valence-electron chi connectivity index (χ2n) is 7.40. The average molecular weight is 474 g/mol. The Hall–Kier alpha value is -2.78. The van der Waals surface area contributed by atoms with Gasteiger partial charge in [0.1, 0.15) is 28.2 Å². The molecular formula is C20H22Cl2FN3O5. The van der Waals surface area contributed by atoms with Crippen molar-refractivity contribution in [3.8, 4) is 11.5 Å². The van der Waals surface area contributed by atoms with Gasteiger partial charge in [-0.25, -0.2) is 14.0 Å². The maximum atomic E-state index is 13.6. The van der Waals surface area contributed by atoms with Gasteiger partial charge >= 0.3 is 12.1 Å². The fraction of sp³-hybridized carbons (Fsp3) is 0.350. The Morgan fingerprint density at radius 1 is 1.26 bits per heavy atom. The molecule has 0 aliphatic heterocycles. The molecule has 0 saturated heterocycles. The molecule has 2 rings (SSSR count). The molecule has 0 aliphatic carbocycles. The highest BCUT2D eigenvalue weighted by molar-refractivity contribution is 6.33. The highest BCUT2D eigenvalue weighted by Gasteiger charge is 2.27. The lowest BCUT2D eigenvalue weighted by Crippen LogP contribution is -2.45. The molecule has 0 spiro atoms. The van der Waals surface area contributed by atoms with Gasteiger partial charge in [-0.1, -0.05) is 23.2 Å². The molecule has 31 heavy (non-hydrogen) atoms. The van der Waals surface area contributed by atoms with E-state index in [1.165, 1.54) is 25.4 Å². The van der Waals surface area contributed by atoms with Gasteiger partial charge in [-0.05, 0) is 32.9 Å². The Morgan fingerprint density at radius 2 is 1.94 bits per heavy atom. The summed E-state index contributed by atoms with van der Waals surface area (Å²) in [5.74, 6) is -1.35. The van der Waals surface area contributed by atoms with Crippen LogP contribution in [-0.2, 0) is 20.7 Å². The smallest absolute Gasteiger partial charge is 0.408 e. The number of benzene rings is 1. The highest BCUT2D eigenvalue weighted by atomic mass is 35.5. The SMILES string of the molecule is COC(=O)[C@@H](Cc1ncc(Cl)c(Oc2cc(F)ccc2Cl)c1N)NC(=O)OC(C)(C)C. The van der Waals surface area contributed by atoms with Crippen molar-refractivity contribution in [1.29, 1.82) is 0 Å². The van der Waals surface area contributed by atoms with Crippen molar-refractivity contribution in [2.75, 3.05) is 12.8 Å². The van der Waals surface area contributed by atoms with Crippen molar-refractivity contribution >= 4 is 41.0 Å². The lowest BCUT2D eigenvalue weighted by atomic mass is 10.1. The monoisotopic (exact) mass is 473 g/mol. The summed E-state index contributed by atoms with van der Waals surface area (Å²) in [5, 5.41) is 2.60. The van der Waals surface area contributed by atoms with Crippen LogP contribution in [0, 0.1) is 5.82 Å². The Balaban J connectivity index is 2.32. The number of nitrogens with one attached hydrogen (secondary N) is 1. The van der Waals surface area contributed by atoms with E-state index in [9.17, 15) is 14.0 Å². The third-order valence-electron chi connectivity index (χ3n) is 3.79. The van der Waals surface area contributed by atoms with Gasteiger partial charge in [0.05, 0.1) is 23.5 Å². The van der Waals surface area contributed by atoms with E-state index in [-0.39, 0.29) is 39.3 Å². The first-order chi connectivity index (χ1) is 14.4. The molecule has 168 valence electrons. The Kier molecular flexibility index (Phi) is 7.91. The molecule has 1 heterocycles. The molecule has 1 aromatic heterocycles. The molecule has 1 atom stereocenters. The minimum atomic E-state index is -1.15. The van der Waals surface area contributed by atoms with E-state index in [2.05, 4.69) is 10.3 Å². The van der Waals surface area contributed by atoms with E-state index in [1.54, 1.807) is 20.8 Å². The molecule has 2 aromatic rings. The summed E-state index contributed by atoms with van der Waals surface area (Å²) in [6, 6.07) is 2.40. The van der Waals surface area contributed by atoms with E-state index in [1.807, 2.05) is 0 Å². The predicted octanol–water partition coefficient (Wildman–Crippen LogP) is 4.51. The number of hydrogen-bond acceptors (Lipinski definition) is 7. The van der Waals surface area contributed by atoms with Gasteiger partial charge in [0, 0.05) is 18.7 Å². The van der Waals surface area contributed by atoms with Crippen LogP contribution >= 0.6 is 23.2 Å². The number of esters is 1. The maximum absolute atomic E-state index is 13.6. The van der Waals surface area contributed by atoms with Crippen molar-refractivity contribution < 1.29 is 28.2 Å². The number of pyridine rings is 1. The summed E-state index contributed by atoms with van der Waals surface area (Å²) in [6.07, 6.45) is 0.276. The van der Waals surface area contributed by atoms with Crippen LogP contribution in [0.1, 0.15) is 26.5 Å². The number of aromatic nitrogens is 1. The number of hydrogen-bond donors (Lipinski definition) is 2. The predicted molar refractivity (Wildman–Crippen MR) is 114 cm³/mol. The topological polar surface area (TPSA) is 113 Å². The van der Waals surface area contributed by atoms with Gasteiger partial charge in [0.15, 0.2) is 5.75 Å². The molecule has 3 N–H and O–H groups in total. The quantitative estimate of drug-likeness (QED) is 0.593. The highest BCUT2D eigenvalue weighted by Crippen LogP contribution is 2.39. The maximum Gasteiger partial charge on any atom is 0.408 e. The number of halogens is 3. The van der Waals surface area contributed by atoms with Crippen LogP contribution in [0.5, 0.6) is 11.5 Å². The standard InChI is InChI=1S/C20H22Cl2FN3O5/c1-20(2,3)31-19(28)26-14(18(27)29-4)8-13-16(24)17(12(22)9-25-13)30-15-7-10(23)5-6-11(15)21/h5-7,9,14H,8,24H2,1-4H3,(H,26,28)/t14-/m1/s1. The zero-order valence-corrected chi connectivity index (χ0v) is 18.8. The van der Waals surface area contributed by atoms with Crippen LogP contribution in [0.15, 0.2) is 24.4 Å². The lowest BCUT2D eigenvalue weighted by Gasteiger charge is -2.23. The average Bonchev–Trinajstić information content (AvgIpc) is 2.67. The number of nitrogens with two attached hydrogens (primary N) is 1. The summed E-state index contributed by atoms with van der Waals surface area (Å²) < 4.78 is 29.1. The first kappa shape index (κ1) is 24.5. The van der Waals surface area contributed by atoms with Gasteiger partial charge in [-0.15, -0.1) is 0 Å². The lowest BCUT2D eigenvalue weighted by molar-refractivity contribution is -0.143. The number of anilines is 1. The van der Waals surface area contributed by atoms with Crippen LogP contribution in [0.2, 0.25) is 10.0 Å². The minimum absolute atomic E-state index is 0.0104. The molecule has 1 amide bonds. The summed E-state index contributed by atoms with van der Waals surface area (Å²) in [6.45, 7) is 5.04. The number of methoxy groups -OCH3 is 1.